The maximum absolute atomic E-state index is 15.0. The number of hydrogen-bond acceptors (Lipinski definition) is 5. The summed E-state index contributed by atoms with van der Waals surface area (Å²) >= 11 is 6.01. The van der Waals surface area contributed by atoms with E-state index in [9.17, 15) is 9.59 Å². The summed E-state index contributed by atoms with van der Waals surface area (Å²) in [4.78, 5) is 27.1. The second-order valence-corrected chi connectivity index (χ2v) is 8.22. The molecule has 1 saturated heterocycles. The highest BCUT2D eigenvalue weighted by atomic mass is 35.5. The van der Waals surface area contributed by atoms with Crippen LogP contribution < -0.4 is 11.1 Å². The SMILES string of the molecule is Nc1c(C(=O)N2CCC[C@@]3(C2)OC(=O)Nc2ccc(Cl)c(F)c23)cnn1-c1ccccc1. The van der Waals surface area contributed by atoms with Crippen LogP contribution in [0.3, 0.4) is 0 Å². The van der Waals surface area contributed by atoms with Gasteiger partial charge in [-0.25, -0.2) is 13.9 Å². The molecular formula is C22H19ClFN5O3. The van der Waals surface area contributed by atoms with Gasteiger partial charge in [-0.15, -0.1) is 0 Å². The normalized spacial score (nSPS) is 19.9. The van der Waals surface area contributed by atoms with Crippen LogP contribution in [0.25, 0.3) is 5.69 Å². The first-order chi connectivity index (χ1) is 15.4. The Balaban J connectivity index is 1.50. The molecule has 2 aliphatic heterocycles. The van der Waals surface area contributed by atoms with E-state index in [1.165, 1.54) is 27.9 Å². The van der Waals surface area contributed by atoms with E-state index in [1.807, 2.05) is 30.3 Å². The van der Waals surface area contributed by atoms with Gasteiger partial charge in [-0.05, 0) is 37.1 Å². The van der Waals surface area contributed by atoms with E-state index < -0.39 is 17.5 Å². The third kappa shape index (κ3) is 3.16. The molecular weight excluding hydrogens is 437 g/mol. The molecule has 0 saturated carbocycles. The molecule has 164 valence electrons. The van der Waals surface area contributed by atoms with E-state index in [4.69, 9.17) is 22.1 Å². The number of likely N-dealkylation sites (tertiary alicyclic amines) is 1. The number of nitrogens with one attached hydrogen (secondary N) is 1. The highest BCUT2D eigenvalue weighted by Gasteiger charge is 2.48. The van der Waals surface area contributed by atoms with Crippen molar-refractivity contribution in [3.63, 3.8) is 0 Å². The average Bonchev–Trinajstić information content (AvgIpc) is 3.17. The smallest absolute Gasteiger partial charge is 0.412 e. The van der Waals surface area contributed by atoms with Gasteiger partial charge >= 0.3 is 6.09 Å². The van der Waals surface area contributed by atoms with Gasteiger partial charge in [-0.3, -0.25) is 10.1 Å². The molecule has 3 aromatic rings. The van der Waals surface area contributed by atoms with Crippen LogP contribution >= 0.6 is 11.6 Å². The number of nitrogen functional groups attached to an aromatic ring is 1. The molecule has 1 atom stereocenters. The summed E-state index contributed by atoms with van der Waals surface area (Å²) in [5, 5.41) is 6.68. The van der Waals surface area contributed by atoms with Gasteiger partial charge in [0.25, 0.3) is 5.91 Å². The molecule has 0 unspecified atom stereocenters. The zero-order chi connectivity index (χ0) is 22.5. The minimum atomic E-state index is -1.34. The monoisotopic (exact) mass is 455 g/mol. The Labute approximate surface area is 187 Å². The van der Waals surface area contributed by atoms with Crippen molar-refractivity contribution in [1.82, 2.24) is 14.7 Å². The predicted molar refractivity (Wildman–Crippen MR) is 116 cm³/mol. The number of halogens is 2. The number of carbonyl (C=O) groups excluding carboxylic acids is 2. The molecule has 10 heteroatoms. The number of aromatic nitrogens is 2. The molecule has 0 aliphatic carbocycles. The summed E-state index contributed by atoms with van der Waals surface area (Å²) < 4.78 is 22.1. The molecule has 1 spiro atoms. The predicted octanol–water partition coefficient (Wildman–Crippen LogP) is 3.94. The van der Waals surface area contributed by atoms with Crippen molar-refractivity contribution < 1.29 is 18.7 Å². The molecule has 32 heavy (non-hydrogen) atoms. The van der Waals surface area contributed by atoms with Gasteiger partial charge in [0.1, 0.15) is 11.4 Å². The molecule has 2 amide bonds. The van der Waals surface area contributed by atoms with Crippen LogP contribution in [0, 0.1) is 5.82 Å². The summed E-state index contributed by atoms with van der Waals surface area (Å²) in [5.41, 5.74) is 6.27. The Bertz CT molecular complexity index is 1230. The molecule has 8 nitrogen and oxygen atoms in total. The first-order valence-corrected chi connectivity index (χ1v) is 10.4. The largest absolute Gasteiger partial charge is 0.436 e. The topological polar surface area (TPSA) is 102 Å². The van der Waals surface area contributed by atoms with Gasteiger partial charge in [0.15, 0.2) is 11.4 Å². The quantitative estimate of drug-likeness (QED) is 0.609. The van der Waals surface area contributed by atoms with E-state index in [2.05, 4.69) is 10.4 Å². The van der Waals surface area contributed by atoms with E-state index in [-0.39, 0.29) is 40.1 Å². The fourth-order valence-corrected chi connectivity index (χ4v) is 4.57. The van der Waals surface area contributed by atoms with Gasteiger partial charge in [0.05, 0.1) is 34.7 Å². The van der Waals surface area contributed by atoms with Crippen molar-refractivity contribution in [3.05, 3.63) is 70.6 Å². The van der Waals surface area contributed by atoms with Gasteiger partial charge in [-0.1, -0.05) is 29.8 Å². The Kier molecular flexibility index (Phi) is 4.78. The van der Waals surface area contributed by atoms with E-state index >= 15 is 4.39 Å². The van der Waals surface area contributed by atoms with Crippen molar-refractivity contribution in [2.24, 2.45) is 0 Å². The highest BCUT2D eigenvalue weighted by molar-refractivity contribution is 6.31. The summed E-state index contributed by atoms with van der Waals surface area (Å²) in [6, 6.07) is 12.1. The number of ether oxygens (including phenoxy) is 1. The van der Waals surface area contributed by atoms with E-state index in [0.717, 1.165) is 5.69 Å². The number of amides is 2. The van der Waals surface area contributed by atoms with Crippen LogP contribution in [0.5, 0.6) is 0 Å². The number of anilines is 2. The number of benzene rings is 2. The number of carbonyl (C=O) groups is 2. The first-order valence-electron chi connectivity index (χ1n) is 10.1. The molecule has 3 heterocycles. The van der Waals surface area contributed by atoms with Crippen LogP contribution in [0.4, 0.5) is 20.7 Å². The maximum Gasteiger partial charge on any atom is 0.412 e. The second kappa shape index (κ2) is 7.52. The number of fused-ring (bicyclic) bond motifs is 2. The van der Waals surface area contributed by atoms with E-state index in [1.54, 1.807) is 0 Å². The summed E-state index contributed by atoms with van der Waals surface area (Å²) in [7, 11) is 0. The summed E-state index contributed by atoms with van der Waals surface area (Å²) in [6.07, 6.45) is 1.56. The fourth-order valence-electron chi connectivity index (χ4n) is 4.41. The lowest BCUT2D eigenvalue weighted by molar-refractivity contribution is -0.0418. The molecule has 0 radical (unpaired) electrons. The molecule has 1 fully saturated rings. The Morgan fingerprint density at radius 1 is 1.25 bits per heavy atom. The lowest BCUT2D eigenvalue weighted by Gasteiger charge is -2.45. The number of nitrogens with two attached hydrogens (primary N) is 1. The minimum absolute atomic E-state index is 0.0283. The second-order valence-electron chi connectivity index (χ2n) is 7.81. The zero-order valence-electron chi connectivity index (χ0n) is 16.8. The first kappa shape index (κ1) is 20.3. The van der Waals surface area contributed by atoms with Crippen LogP contribution in [0.2, 0.25) is 5.02 Å². The van der Waals surface area contributed by atoms with Gasteiger partial charge in [0.2, 0.25) is 0 Å². The minimum Gasteiger partial charge on any atom is -0.436 e. The van der Waals surface area contributed by atoms with Crippen LogP contribution in [0.1, 0.15) is 28.8 Å². The number of piperidine rings is 1. The van der Waals surface area contributed by atoms with Gasteiger partial charge in [-0.2, -0.15) is 5.10 Å². The molecule has 3 N–H and O–H groups in total. The Morgan fingerprint density at radius 3 is 2.81 bits per heavy atom. The number of hydrogen-bond donors (Lipinski definition) is 2. The van der Waals surface area contributed by atoms with Crippen LogP contribution in [0.15, 0.2) is 48.7 Å². The van der Waals surface area contributed by atoms with Crippen molar-refractivity contribution in [2.75, 3.05) is 24.1 Å². The Morgan fingerprint density at radius 2 is 2.03 bits per heavy atom. The van der Waals surface area contributed by atoms with Crippen LogP contribution in [-0.4, -0.2) is 39.8 Å². The standard InChI is InChI=1S/C22H19ClFN5O3/c23-15-7-8-16-17(18(15)24)22(32-21(31)27-16)9-4-10-28(12-22)20(30)14-11-26-29(19(14)25)13-5-2-1-3-6-13/h1-3,5-8,11H,4,9-10,12,25H2,(H,27,31)/t22-/m0/s1. The lowest BCUT2D eigenvalue weighted by atomic mass is 9.83. The lowest BCUT2D eigenvalue weighted by Crippen LogP contribution is -2.53. The van der Waals surface area contributed by atoms with Gasteiger partial charge in [0, 0.05) is 6.54 Å². The van der Waals surface area contributed by atoms with Crippen molar-refractivity contribution in [2.45, 2.75) is 18.4 Å². The fraction of sp³-hybridized carbons (Fsp3) is 0.227. The number of para-hydroxylation sites is 1. The zero-order valence-corrected chi connectivity index (χ0v) is 17.6. The molecule has 2 aliphatic rings. The molecule has 2 aromatic carbocycles. The van der Waals surface area contributed by atoms with Crippen molar-refractivity contribution in [1.29, 1.82) is 0 Å². The van der Waals surface area contributed by atoms with Gasteiger partial charge < -0.3 is 15.4 Å². The van der Waals surface area contributed by atoms with E-state index in [0.29, 0.717) is 19.4 Å². The van der Waals surface area contributed by atoms with Crippen molar-refractivity contribution in [3.8, 4) is 5.69 Å². The summed E-state index contributed by atoms with van der Waals surface area (Å²) in [5.74, 6) is -0.852. The number of nitrogens with zero attached hydrogens (tertiary/aromatic N) is 3. The highest BCUT2D eigenvalue weighted by Crippen LogP contribution is 2.45. The Hall–Kier alpha value is -3.59. The maximum atomic E-state index is 15.0. The molecule has 5 rings (SSSR count). The van der Waals surface area contributed by atoms with Crippen LogP contribution in [-0.2, 0) is 10.3 Å². The third-order valence-electron chi connectivity index (χ3n) is 5.85. The molecule has 0 bridgehead atoms. The summed E-state index contributed by atoms with van der Waals surface area (Å²) in [6.45, 7) is 0.374. The van der Waals surface area contributed by atoms with Crippen molar-refractivity contribution >= 4 is 35.1 Å². The number of rotatable bonds is 2. The molecule has 1 aromatic heterocycles. The third-order valence-corrected chi connectivity index (χ3v) is 6.15. The average molecular weight is 456 g/mol.